The summed E-state index contributed by atoms with van der Waals surface area (Å²) in [4.78, 5) is 12.4. The third-order valence-electron chi connectivity index (χ3n) is 4.59. The minimum atomic E-state index is -0.275. The van der Waals surface area contributed by atoms with Gasteiger partial charge in [0, 0.05) is 18.2 Å². The third-order valence-corrected chi connectivity index (χ3v) is 4.59. The number of ether oxygens (including phenoxy) is 2. The average Bonchev–Trinajstić information content (AvgIpc) is 3.18. The Morgan fingerprint density at radius 1 is 1.12 bits per heavy atom. The second-order valence-electron chi connectivity index (χ2n) is 6.26. The van der Waals surface area contributed by atoms with E-state index in [-0.39, 0.29) is 18.0 Å². The Hall–Kier alpha value is -2.57. The topological polar surface area (TPSA) is 71.6 Å². The van der Waals surface area contributed by atoms with Crippen molar-refractivity contribution in [2.24, 2.45) is 0 Å². The second-order valence-corrected chi connectivity index (χ2v) is 6.26. The van der Waals surface area contributed by atoms with Crippen LogP contribution in [0.3, 0.4) is 0 Å². The Bertz CT molecular complexity index is 736. The minimum Gasteiger partial charge on any atom is -0.497 e. The van der Waals surface area contributed by atoms with Crippen molar-refractivity contribution in [3.8, 4) is 11.5 Å². The van der Waals surface area contributed by atoms with Crippen molar-refractivity contribution in [3.05, 3.63) is 59.7 Å². The van der Waals surface area contributed by atoms with E-state index in [2.05, 4.69) is 28.3 Å². The number of carbonyl (C=O) groups excluding carboxylic acids is 1. The molecule has 0 aromatic heterocycles. The first-order chi connectivity index (χ1) is 12.7. The number of hydrogen-bond donors (Lipinski definition) is 3. The standard InChI is InChI=1S/C20H25N3O3/c1-25-15-8-9-16(19(12-15)26-2)17-13-18(23-22-17)20(24)21-11-10-14-6-4-3-5-7-14/h3-9,12,17-18,22-23H,10-11,13H2,1-2H3,(H,21,24). The SMILES string of the molecule is COc1ccc(C2CC(C(=O)NCCc3ccccc3)NN2)c(OC)c1. The predicted octanol–water partition coefficient (Wildman–Crippen LogP) is 1.97. The van der Waals surface area contributed by atoms with Crippen molar-refractivity contribution in [1.29, 1.82) is 0 Å². The summed E-state index contributed by atoms with van der Waals surface area (Å²) in [6.45, 7) is 0.623. The van der Waals surface area contributed by atoms with Crippen molar-refractivity contribution >= 4 is 5.91 Å². The fourth-order valence-corrected chi connectivity index (χ4v) is 3.14. The highest BCUT2D eigenvalue weighted by molar-refractivity contribution is 5.82. The van der Waals surface area contributed by atoms with Gasteiger partial charge in [-0.3, -0.25) is 4.79 Å². The van der Waals surface area contributed by atoms with Gasteiger partial charge in [-0.1, -0.05) is 36.4 Å². The van der Waals surface area contributed by atoms with E-state index in [4.69, 9.17) is 9.47 Å². The number of hydrazine groups is 1. The number of methoxy groups -OCH3 is 2. The van der Waals surface area contributed by atoms with Crippen LogP contribution in [0.1, 0.15) is 23.6 Å². The Morgan fingerprint density at radius 3 is 2.65 bits per heavy atom. The Labute approximate surface area is 153 Å². The van der Waals surface area contributed by atoms with E-state index < -0.39 is 0 Å². The molecule has 6 nitrogen and oxygen atoms in total. The van der Waals surface area contributed by atoms with Crippen LogP contribution >= 0.6 is 0 Å². The van der Waals surface area contributed by atoms with E-state index in [1.54, 1.807) is 14.2 Å². The summed E-state index contributed by atoms with van der Waals surface area (Å²) in [5, 5.41) is 3.00. The molecule has 1 aliphatic rings. The van der Waals surface area contributed by atoms with Crippen LogP contribution < -0.4 is 25.6 Å². The summed E-state index contributed by atoms with van der Waals surface area (Å²) in [5.74, 6) is 1.49. The van der Waals surface area contributed by atoms with Crippen LogP contribution in [0.15, 0.2) is 48.5 Å². The third kappa shape index (κ3) is 4.33. The molecule has 0 radical (unpaired) electrons. The molecule has 2 aromatic carbocycles. The predicted molar refractivity (Wildman–Crippen MR) is 100 cm³/mol. The molecule has 2 atom stereocenters. The van der Waals surface area contributed by atoms with Gasteiger partial charge in [0.2, 0.25) is 5.91 Å². The summed E-state index contributed by atoms with van der Waals surface area (Å²) in [5.41, 5.74) is 8.49. The Morgan fingerprint density at radius 2 is 1.92 bits per heavy atom. The fourth-order valence-electron chi connectivity index (χ4n) is 3.14. The first-order valence-corrected chi connectivity index (χ1v) is 8.76. The molecule has 0 bridgehead atoms. The van der Waals surface area contributed by atoms with Crippen LogP contribution in [0.2, 0.25) is 0 Å². The van der Waals surface area contributed by atoms with E-state index in [1.807, 2.05) is 36.4 Å². The number of hydrogen-bond acceptors (Lipinski definition) is 5. The van der Waals surface area contributed by atoms with Crippen LogP contribution in [0.5, 0.6) is 11.5 Å². The largest absolute Gasteiger partial charge is 0.497 e. The average molecular weight is 355 g/mol. The van der Waals surface area contributed by atoms with Crippen molar-refractivity contribution in [3.63, 3.8) is 0 Å². The van der Waals surface area contributed by atoms with E-state index >= 15 is 0 Å². The molecule has 0 saturated carbocycles. The smallest absolute Gasteiger partial charge is 0.238 e. The van der Waals surface area contributed by atoms with Gasteiger partial charge in [-0.15, -0.1) is 0 Å². The van der Waals surface area contributed by atoms with Crippen LogP contribution in [0, 0.1) is 0 Å². The van der Waals surface area contributed by atoms with Gasteiger partial charge in [0.25, 0.3) is 0 Å². The van der Waals surface area contributed by atoms with Gasteiger partial charge in [-0.25, -0.2) is 10.9 Å². The molecule has 0 spiro atoms. The van der Waals surface area contributed by atoms with Crippen molar-refractivity contribution in [2.75, 3.05) is 20.8 Å². The monoisotopic (exact) mass is 355 g/mol. The van der Waals surface area contributed by atoms with Crippen LogP contribution in [-0.2, 0) is 11.2 Å². The number of amides is 1. The first kappa shape index (κ1) is 18.2. The lowest BCUT2D eigenvalue weighted by molar-refractivity contribution is -0.122. The molecule has 1 heterocycles. The number of benzene rings is 2. The van der Waals surface area contributed by atoms with Crippen molar-refractivity contribution < 1.29 is 14.3 Å². The zero-order valence-corrected chi connectivity index (χ0v) is 15.1. The molecule has 2 unspecified atom stereocenters. The molecule has 6 heteroatoms. The van der Waals surface area contributed by atoms with E-state index in [1.165, 1.54) is 5.56 Å². The molecule has 26 heavy (non-hydrogen) atoms. The van der Waals surface area contributed by atoms with E-state index in [0.717, 1.165) is 23.5 Å². The first-order valence-electron chi connectivity index (χ1n) is 8.76. The lowest BCUT2D eigenvalue weighted by atomic mass is 10.0. The van der Waals surface area contributed by atoms with Gasteiger partial charge >= 0.3 is 0 Å². The fraction of sp³-hybridized carbons (Fsp3) is 0.350. The minimum absolute atomic E-state index is 0.000675. The number of rotatable bonds is 7. The molecule has 138 valence electrons. The van der Waals surface area contributed by atoms with E-state index in [9.17, 15) is 4.79 Å². The molecule has 1 amide bonds. The van der Waals surface area contributed by atoms with Gasteiger partial charge in [-0.05, 0) is 24.5 Å². The van der Waals surface area contributed by atoms with Crippen LogP contribution in [0.4, 0.5) is 0 Å². The summed E-state index contributed by atoms with van der Waals surface area (Å²) >= 11 is 0. The second kappa shape index (κ2) is 8.69. The summed E-state index contributed by atoms with van der Waals surface area (Å²) < 4.78 is 10.7. The molecule has 3 N–H and O–H groups in total. The Balaban J connectivity index is 1.54. The molecular formula is C20H25N3O3. The summed E-state index contributed by atoms with van der Waals surface area (Å²) in [6, 6.07) is 15.6. The van der Waals surface area contributed by atoms with Gasteiger partial charge in [0.1, 0.15) is 17.5 Å². The molecule has 0 aliphatic carbocycles. The maximum atomic E-state index is 12.4. The lowest BCUT2D eigenvalue weighted by Gasteiger charge is -2.15. The molecule has 1 fully saturated rings. The van der Waals surface area contributed by atoms with Crippen molar-refractivity contribution in [2.45, 2.75) is 24.9 Å². The summed E-state index contributed by atoms with van der Waals surface area (Å²) in [7, 11) is 3.26. The maximum absolute atomic E-state index is 12.4. The van der Waals surface area contributed by atoms with Gasteiger partial charge in [0.15, 0.2) is 0 Å². The Kier molecular flexibility index (Phi) is 6.09. The normalized spacial score (nSPS) is 19.2. The quantitative estimate of drug-likeness (QED) is 0.708. The van der Waals surface area contributed by atoms with Gasteiger partial charge < -0.3 is 14.8 Å². The summed E-state index contributed by atoms with van der Waals surface area (Å²) in [6.07, 6.45) is 1.47. The zero-order chi connectivity index (χ0) is 18.4. The molecular weight excluding hydrogens is 330 g/mol. The number of nitrogens with one attached hydrogen (secondary N) is 3. The van der Waals surface area contributed by atoms with Crippen LogP contribution in [-0.4, -0.2) is 32.7 Å². The molecule has 1 saturated heterocycles. The molecule has 1 aliphatic heterocycles. The maximum Gasteiger partial charge on any atom is 0.238 e. The van der Waals surface area contributed by atoms with Crippen molar-refractivity contribution in [1.82, 2.24) is 16.2 Å². The zero-order valence-electron chi connectivity index (χ0n) is 15.1. The molecule has 3 rings (SSSR count). The highest BCUT2D eigenvalue weighted by Crippen LogP contribution is 2.33. The number of carbonyl (C=O) groups is 1. The van der Waals surface area contributed by atoms with Gasteiger partial charge in [0.05, 0.1) is 20.3 Å². The van der Waals surface area contributed by atoms with Crippen LogP contribution in [0.25, 0.3) is 0 Å². The lowest BCUT2D eigenvalue weighted by Crippen LogP contribution is -2.43. The van der Waals surface area contributed by atoms with E-state index in [0.29, 0.717) is 13.0 Å². The highest BCUT2D eigenvalue weighted by Gasteiger charge is 2.31. The molecule has 2 aromatic rings. The highest BCUT2D eigenvalue weighted by atomic mass is 16.5. The van der Waals surface area contributed by atoms with Gasteiger partial charge in [-0.2, -0.15) is 0 Å².